The summed E-state index contributed by atoms with van der Waals surface area (Å²) in [6.45, 7) is 4.68. The molecule has 8 aromatic rings. The normalized spacial score (nSPS) is 13.3. The lowest BCUT2D eigenvalue weighted by atomic mass is 9.82. The molecular formula is C46H32N2O. The molecule has 0 atom stereocenters. The van der Waals surface area contributed by atoms with Crippen LogP contribution in [0.25, 0.3) is 67.1 Å². The number of para-hydroxylation sites is 1. The van der Waals surface area contributed by atoms with Crippen LogP contribution in [0.1, 0.15) is 25.0 Å². The third kappa shape index (κ3) is 4.12. The summed E-state index contributed by atoms with van der Waals surface area (Å²) in [5, 5.41) is 2.41. The van der Waals surface area contributed by atoms with Crippen LogP contribution in [-0.2, 0) is 5.41 Å². The van der Waals surface area contributed by atoms with Gasteiger partial charge in [0.1, 0.15) is 5.69 Å². The molecule has 1 aromatic heterocycles. The Hall–Kier alpha value is -6.19. The molecule has 0 amide bonds. The molecule has 2 aliphatic rings. The Balaban J connectivity index is 1.05. The minimum absolute atomic E-state index is 0.0710. The van der Waals surface area contributed by atoms with Gasteiger partial charge in [0.05, 0.1) is 0 Å². The van der Waals surface area contributed by atoms with Crippen molar-refractivity contribution >= 4 is 27.8 Å². The second kappa shape index (κ2) is 10.4. The molecule has 0 saturated carbocycles. The average Bonchev–Trinajstić information content (AvgIpc) is 3.79. The van der Waals surface area contributed by atoms with Crippen molar-refractivity contribution in [2.24, 2.45) is 0 Å². The van der Waals surface area contributed by atoms with E-state index in [1.165, 1.54) is 44.2 Å². The zero-order chi connectivity index (χ0) is 32.7. The Morgan fingerprint density at radius 1 is 0.490 bits per heavy atom. The predicted octanol–water partition coefficient (Wildman–Crippen LogP) is 12.6. The molecule has 2 aliphatic carbocycles. The number of hydrogen-bond acceptors (Lipinski definition) is 3. The molecule has 0 N–H and O–H groups in total. The van der Waals surface area contributed by atoms with Crippen molar-refractivity contribution in [3.8, 4) is 56.3 Å². The predicted molar refractivity (Wildman–Crippen MR) is 202 cm³/mol. The summed E-state index contributed by atoms with van der Waals surface area (Å²) in [4.78, 5) is 7.33. The molecule has 0 radical (unpaired) electrons. The number of oxazole rings is 1. The van der Waals surface area contributed by atoms with E-state index in [4.69, 9.17) is 9.40 Å². The fourth-order valence-corrected chi connectivity index (χ4v) is 8.08. The minimum atomic E-state index is -0.0710. The van der Waals surface area contributed by atoms with E-state index in [0.717, 1.165) is 45.2 Å². The van der Waals surface area contributed by atoms with Crippen LogP contribution >= 0.6 is 0 Å². The van der Waals surface area contributed by atoms with Crippen molar-refractivity contribution in [1.29, 1.82) is 0 Å². The molecule has 0 saturated heterocycles. The first-order valence-corrected chi connectivity index (χ1v) is 16.9. The fourth-order valence-electron chi connectivity index (χ4n) is 8.08. The maximum atomic E-state index is 6.40. The molecule has 0 bridgehead atoms. The van der Waals surface area contributed by atoms with Gasteiger partial charge in [-0.2, -0.15) is 0 Å². The molecular weight excluding hydrogens is 597 g/mol. The maximum Gasteiger partial charge on any atom is 0.227 e. The van der Waals surface area contributed by atoms with Crippen molar-refractivity contribution in [3.05, 3.63) is 169 Å². The molecule has 49 heavy (non-hydrogen) atoms. The number of nitrogens with zero attached hydrogens (tertiary/aromatic N) is 2. The molecule has 232 valence electrons. The van der Waals surface area contributed by atoms with Gasteiger partial charge in [-0.25, -0.2) is 4.98 Å². The minimum Gasteiger partial charge on any atom is -0.435 e. The van der Waals surface area contributed by atoms with Crippen molar-refractivity contribution in [3.63, 3.8) is 0 Å². The summed E-state index contributed by atoms with van der Waals surface area (Å²) < 4.78 is 6.40. The monoisotopic (exact) mass is 628 g/mol. The topological polar surface area (TPSA) is 29.3 Å². The first-order valence-electron chi connectivity index (χ1n) is 16.9. The van der Waals surface area contributed by atoms with E-state index in [1.807, 2.05) is 30.3 Å². The van der Waals surface area contributed by atoms with Crippen LogP contribution in [0.2, 0.25) is 0 Å². The summed E-state index contributed by atoms with van der Waals surface area (Å²) >= 11 is 0. The van der Waals surface area contributed by atoms with Crippen LogP contribution in [0, 0.1) is 0 Å². The van der Waals surface area contributed by atoms with E-state index in [0.29, 0.717) is 5.89 Å². The van der Waals surface area contributed by atoms with Crippen LogP contribution in [-0.4, -0.2) is 4.98 Å². The summed E-state index contributed by atoms with van der Waals surface area (Å²) in [5.74, 6) is 1.51. The van der Waals surface area contributed by atoms with Gasteiger partial charge in [-0.1, -0.05) is 117 Å². The number of hydrogen-bond donors (Lipinski definition) is 0. The van der Waals surface area contributed by atoms with E-state index in [1.54, 1.807) is 0 Å². The summed E-state index contributed by atoms with van der Waals surface area (Å²) in [7, 11) is 0. The van der Waals surface area contributed by atoms with E-state index in [-0.39, 0.29) is 5.41 Å². The molecule has 0 spiro atoms. The number of anilines is 3. The number of benzene rings is 7. The number of fused-ring (bicyclic) bond motifs is 6. The number of rotatable bonds is 5. The highest BCUT2D eigenvalue weighted by Crippen LogP contribution is 2.52. The quantitative estimate of drug-likeness (QED) is 0.190. The second-order valence-corrected chi connectivity index (χ2v) is 13.6. The van der Waals surface area contributed by atoms with Gasteiger partial charge < -0.3 is 9.32 Å². The van der Waals surface area contributed by atoms with Crippen molar-refractivity contribution in [1.82, 2.24) is 4.98 Å². The second-order valence-electron chi connectivity index (χ2n) is 13.6. The van der Waals surface area contributed by atoms with E-state index < -0.39 is 0 Å². The Bertz CT molecular complexity index is 2530. The van der Waals surface area contributed by atoms with Crippen molar-refractivity contribution in [2.45, 2.75) is 19.3 Å². The standard InChI is InChI=1S/C46H32N2O/c1-46(2)40-19-10-9-16-35(40)36-25-24-33(28-41(36)46)48(31-14-7-4-8-15-31)32-22-20-29(21-23-32)34-26-27-39-42-37(34)17-11-18-38(42)43-44(39)49-45(47-43)30-12-5-3-6-13-30/h3-28H,1-2H3. The molecule has 0 fully saturated rings. The largest absolute Gasteiger partial charge is 0.435 e. The zero-order valence-corrected chi connectivity index (χ0v) is 27.3. The van der Waals surface area contributed by atoms with Crippen molar-refractivity contribution in [2.75, 3.05) is 4.90 Å². The Morgan fingerprint density at radius 3 is 1.94 bits per heavy atom. The van der Waals surface area contributed by atoms with Crippen LogP contribution in [0.15, 0.2) is 162 Å². The van der Waals surface area contributed by atoms with Crippen LogP contribution in [0.3, 0.4) is 0 Å². The summed E-state index contributed by atoms with van der Waals surface area (Å²) in [5.41, 5.74) is 15.3. The highest BCUT2D eigenvalue weighted by Gasteiger charge is 2.36. The lowest BCUT2D eigenvalue weighted by Gasteiger charge is -2.28. The van der Waals surface area contributed by atoms with Gasteiger partial charge in [0.25, 0.3) is 0 Å². The van der Waals surface area contributed by atoms with E-state index >= 15 is 0 Å². The SMILES string of the molecule is CC1(C)c2ccccc2-c2ccc(N(c3ccccc3)c3ccc(-c4ccc5c6c(cccc46)-c4nc(-c6ccccc6)oc4-5)cc3)cc21. The van der Waals surface area contributed by atoms with Gasteiger partial charge in [-0.3, -0.25) is 0 Å². The molecule has 3 nitrogen and oxygen atoms in total. The smallest absolute Gasteiger partial charge is 0.227 e. The summed E-state index contributed by atoms with van der Waals surface area (Å²) in [6.07, 6.45) is 0. The van der Waals surface area contributed by atoms with Gasteiger partial charge in [-0.15, -0.1) is 0 Å². The molecule has 3 heteroatoms. The lowest BCUT2D eigenvalue weighted by Crippen LogP contribution is -2.16. The number of aromatic nitrogens is 1. The van der Waals surface area contributed by atoms with Gasteiger partial charge in [0.2, 0.25) is 5.89 Å². The molecule has 1 heterocycles. The first kappa shape index (κ1) is 27.9. The van der Waals surface area contributed by atoms with Crippen LogP contribution in [0.4, 0.5) is 17.1 Å². The average molecular weight is 629 g/mol. The molecule has 10 rings (SSSR count). The maximum absolute atomic E-state index is 6.40. The molecule has 7 aromatic carbocycles. The zero-order valence-electron chi connectivity index (χ0n) is 27.3. The van der Waals surface area contributed by atoms with Gasteiger partial charge in [0, 0.05) is 44.6 Å². The van der Waals surface area contributed by atoms with E-state index in [9.17, 15) is 0 Å². The molecule has 0 unspecified atom stereocenters. The summed E-state index contributed by atoms with van der Waals surface area (Å²) in [6, 6.07) is 56.5. The highest BCUT2D eigenvalue weighted by molar-refractivity contribution is 6.17. The van der Waals surface area contributed by atoms with Gasteiger partial charge in [-0.05, 0) is 93.4 Å². The lowest BCUT2D eigenvalue weighted by molar-refractivity contribution is 0.590. The van der Waals surface area contributed by atoms with Crippen LogP contribution < -0.4 is 4.90 Å². The highest BCUT2D eigenvalue weighted by atomic mass is 16.4. The Labute approximate surface area is 285 Å². The van der Waals surface area contributed by atoms with Crippen molar-refractivity contribution < 1.29 is 4.42 Å². The Morgan fingerprint density at radius 2 is 1.12 bits per heavy atom. The van der Waals surface area contributed by atoms with Gasteiger partial charge in [0.15, 0.2) is 5.76 Å². The third-order valence-corrected chi connectivity index (χ3v) is 10.5. The Kier molecular flexibility index (Phi) is 5.92. The van der Waals surface area contributed by atoms with Gasteiger partial charge >= 0.3 is 0 Å². The first-order chi connectivity index (χ1) is 24.1. The third-order valence-electron chi connectivity index (χ3n) is 10.5. The van der Waals surface area contributed by atoms with E-state index in [2.05, 4.69) is 146 Å². The fraction of sp³-hybridized carbons (Fsp3) is 0.0652. The van der Waals surface area contributed by atoms with Crippen LogP contribution in [0.5, 0.6) is 0 Å². The molecule has 0 aliphatic heterocycles.